The quantitative estimate of drug-likeness (QED) is 0.767. The molecule has 2 aliphatic rings. The highest BCUT2D eigenvalue weighted by atomic mass is 19.1. The van der Waals surface area contributed by atoms with Crippen LogP contribution < -0.4 is 16.0 Å². The summed E-state index contributed by atoms with van der Waals surface area (Å²) in [7, 11) is 0. The Balaban J connectivity index is 1.44. The van der Waals surface area contributed by atoms with Gasteiger partial charge in [0.15, 0.2) is 0 Å². The van der Waals surface area contributed by atoms with Gasteiger partial charge in [0.05, 0.1) is 6.04 Å². The van der Waals surface area contributed by atoms with E-state index in [1.54, 1.807) is 0 Å². The second kappa shape index (κ2) is 7.17. The van der Waals surface area contributed by atoms with Gasteiger partial charge < -0.3 is 16.0 Å². The first-order valence-electron chi connectivity index (χ1n) is 8.39. The first-order chi connectivity index (χ1) is 11.5. The fourth-order valence-corrected chi connectivity index (χ4v) is 2.86. The molecule has 1 aliphatic heterocycles. The van der Waals surface area contributed by atoms with E-state index in [0.29, 0.717) is 18.3 Å². The van der Waals surface area contributed by atoms with Crippen LogP contribution in [-0.4, -0.2) is 48.1 Å². The van der Waals surface area contributed by atoms with Crippen LogP contribution in [0.25, 0.3) is 0 Å². The van der Waals surface area contributed by atoms with E-state index in [2.05, 4.69) is 20.9 Å². The van der Waals surface area contributed by atoms with Crippen molar-refractivity contribution in [3.05, 3.63) is 30.1 Å². The number of benzene rings is 1. The van der Waals surface area contributed by atoms with E-state index in [0.717, 1.165) is 25.8 Å². The van der Waals surface area contributed by atoms with E-state index in [4.69, 9.17) is 0 Å². The van der Waals surface area contributed by atoms with E-state index in [1.165, 1.54) is 24.3 Å². The number of hydrogen-bond acceptors (Lipinski definition) is 3. The number of anilines is 1. The number of likely N-dealkylation sites (tertiary alicyclic amines) is 1. The lowest BCUT2D eigenvalue weighted by Gasteiger charge is -2.23. The van der Waals surface area contributed by atoms with Crippen molar-refractivity contribution < 1.29 is 14.0 Å². The van der Waals surface area contributed by atoms with Gasteiger partial charge in [-0.3, -0.25) is 9.69 Å². The van der Waals surface area contributed by atoms with Gasteiger partial charge in [0.2, 0.25) is 5.91 Å². The van der Waals surface area contributed by atoms with Gasteiger partial charge in [-0.25, -0.2) is 9.18 Å². The molecule has 0 radical (unpaired) electrons. The normalized spacial score (nSPS) is 22.0. The van der Waals surface area contributed by atoms with Crippen LogP contribution in [0.3, 0.4) is 0 Å². The van der Waals surface area contributed by atoms with Gasteiger partial charge in [0.25, 0.3) is 0 Å². The van der Waals surface area contributed by atoms with Crippen LogP contribution in [0.4, 0.5) is 14.9 Å². The molecule has 3 N–H and O–H groups in total. The Morgan fingerprint density at radius 2 is 1.83 bits per heavy atom. The van der Waals surface area contributed by atoms with Crippen LogP contribution in [0.5, 0.6) is 0 Å². The molecule has 1 heterocycles. The van der Waals surface area contributed by atoms with Crippen LogP contribution in [-0.2, 0) is 4.79 Å². The first-order valence-corrected chi connectivity index (χ1v) is 8.39. The topological polar surface area (TPSA) is 73.5 Å². The molecule has 2 atom stereocenters. The number of carbonyl (C=O) groups is 2. The summed E-state index contributed by atoms with van der Waals surface area (Å²) in [5.74, 6) is -0.278. The Morgan fingerprint density at radius 3 is 2.50 bits per heavy atom. The first kappa shape index (κ1) is 16.7. The number of rotatable bonds is 5. The highest BCUT2D eigenvalue weighted by Crippen LogP contribution is 2.20. The molecule has 0 bridgehead atoms. The third-order valence-corrected chi connectivity index (χ3v) is 4.51. The van der Waals surface area contributed by atoms with Gasteiger partial charge in [-0.05, 0) is 50.5 Å². The number of nitrogens with zero attached hydrogens (tertiary/aromatic N) is 1. The molecule has 3 rings (SSSR count). The predicted octanol–water partition coefficient (Wildman–Crippen LogP) is 1.69. The van der Waals surface area contributed by atoms with E-state index < -0.39 is 0 Å². The summed E-state index contributed by atoms with van der Waals surface area (Å²) in [6, 6.07) is 5.49. The van der Waals surface area contributed by atoms with Crippen molar-refractivity contribution in [1.29, 1.82) is 0 Å². The lowest BCUT2D eigenvalue weighted by Crippen LogP contribution is -2.46. The minimum Gasteiger partial charge on any atom is -0.352 e. The van der Waals surface area contributed by atoms with Crippen LogP contribution in [0.1, 0.15) is 26.2 Å². The molecule has 130 valence electrons. The molecular weight excluding hydrogens is 311 g/mol. The third kappa shape index (κ3) is 4.44. The van der Waals surface area contributed by atoms with Crippen molar-refractivity contribution in [2.45, 2.75) is 44.3 Å². The fraction of sp³-hybridized carbons (Fsp3) is 0.529. The molecule has 6 nitrogen and oxygen atoms in total. The molecule has 1 saturated heterocycles. The molecular formula is C17H23FN4O2. The minimum atomic E-state index is -0.342. The fourth-order valence-electron chi connectivity index (χ4n) is 2.86. The summed E-state index contributed by atoms with van der Waals surface area (Å²) in [5, 5.41) is 8.60. The van der Waals surface area contributed by atoms with Crippen molar-refractivity contribution in [2.24, 2.45) is 0 Å². The number of hydrogen-bond donors (Lipinski definition) is 3. The zero-order valence-corrected chi connectivity index (χ0v) is 13.7. The summed E-state index contributed by atoms with van der Waals surface area (Å²) in [5.41, 5.74) is 0.543. The Bertz CT molecular complexity index is 603. The maximum Gasteiger partial charge on any atom is 0.319 e. The predicted molar refractivity (Wildman–Crippen MR) is 89.2 cm³/mol. The van der Waals surface area contributed by atoms with Crippen LogP contribution in [0, 0.1) is 5.82 Å². The second-order valence-electron chi connectivity index (χ2n) is 6.54. The second-order valence-corrected chi connectivity index (χ2v) is 6.54. The maximum absolute atomic E-state index is 12.9. The summed E-state index contributed by atoms with van der Waals surface area (Å²) in [4.78, 5) is 26.2. The molecule has 1 aromatic carbocycles. The highest BCUT2D eigenvalue weighted by Gasteiger charge is 2.32. The van der Waals surface area contributed by atoms with E-state index in [1.807, 2.05) is 6.92 Å². The smallest absolute Gasteiger partial charge is 0.319 e. The van der Waals surface area contributed by atoms with E-state index >= 15 is 0 Å². The molecule has 1 aromatic rings. The number of nitrogens with one attached hydrogen (secondary N) is 3. The van der Waals surface area contributed by atoms with Gasteiger partial charge in [-0.2, -0.15) is 0 Å². The summed E-state index contributed by atoms with van der Waals surface area (Å²) >= 11 is 0. The third-order valence-electron chi connectivity index (χ3n) is 4.51. The monoisotopic (exact) mass is 334 g/mol. The Labute approximate surface area is 140 Å². The van der Waals surface area contributed by atoms with Crippen molar-refractivity contribution in [2.75, 3.05) is 18.4 Å². The van der Waals surface area contributed by atoms with Crippen molar-refractivity contribution >= 4 is 17.6 Å². The van der Waals surface area contributed by atoms with Gasteiger partial charge in [0, 0.05) is 30.9 Å². The average molecular weight is 334 g/mol. The van der Waals surface area contributed by atoms with Gasteiger partial charge in [-0.15, -0.1) is 0 Å². The molecule has 3 amide bonds. The Morgan fingerprint density at radius 1 is 1.12 bits per heavy atom. The SMILES string of the molecule is C[C@@H](C(=O)NC1CC1)N1CC[C@@H](NC(=O)Nc2ccc(F)cc2)C1. The highest BCUT2D eigenvalue weighted by molar-refractivity contribution is 5.89. The van der Waals surface area contributed by atoms with Crippen LogP contribution >= 0.6 is 0 Å². The Hall–Kier alpha value is -2.15. The minimum absolute atomic E-state index is 0.00150. The molecule has 0 spiro atoms. The van der Waals surface area contributed by atoms with Crippen molar-refractivity contribution in [3.8, 4) is 0 Å². The zero-order valence-electron chi connectivity index (χ0n) is 13.7. The number of halogens is 1. The number of amides is 3. The molecule has 1 aliphatic carbocycles. The molecule has 0 aromatic heterocycles. The molecule has 0 unspecified atom stereocenters. The molecule has 7 heteroatoms. The van der Waals surface area contributed by atoms with E-state index in [-0.39, 0.29) is 29.8 Å². The molecule has 1 saturated carbocycles. The van der Waals surface area contributed by atoms with Gasteiger partial charge >= 0.3 is 6.03 Å². The largest absolute Gasteiger partial charge is 0.352 e. The lowest BCUT2D eigenvalue weighted by molar-refractivity contribution is -0.125. The lowest BCUT2D eigenvalue weighted by atomic mass is 10.2. The van der Waals surface area contributed by atoms with Gasteiger partial charge in [-0.1, -0.05) is 0 Å². The summed E-state index contributed by atoms with van der Waals surface area (Å²) in [6.45, 7) is 3.33. The van der Waals surface area contributed by atoms with Crippen molar-refractivity contribution in [1.82, 2.24) is 15.5 Å². The zero-order chi connectivity index (χ0) is 17.1. The van der Waals surface area contributed by atoms with Crippen LogP contribution in [0.2, 0.25) is 0 Å². The Kier molecular flexibility index (Phi) is 4.99. The molecule has 2 fully saturated rings. The van der Waals surface area contributed by atoms with E-state index in [9.17, 15) is 14.0 Å². The number of urea groups is 1. The van der Waals surface area contributed by atoms with Crippen molar-refractivity contribution in [3.63, 3.8) is 0 Å². The number of carbonyl (C=O) groups excluding carboxylic acids is 2. The standard InChI is InChI=1S/C17H23FN4O2/c1-11(16(23)19-13-6-7-13)22-9-8-15(10-22)21-17(24)20-14-4-2-12(18)3-5-14/h2-5,11,13,15H,6-10H2,1H3,(H,19,23)(H2,20,21,24)/t11-,15+/m0/s1. The average Bonchev–Trinajstić information content (AvgIpc) is 3.25. The summed E-state index contributed by atoms with van der Waals surface area (Å²) in [6.07, 6.45) is 2.95. The summed E-state index contributed by atoms with van der Waals surface area (Å²) < 4.78 is 12.9. The van der Waals surface area contributed by atoms with Gasteiger partial charge in [0.1, 0.15) is 5.82 Å². The van der Waals surface area contributed by atoms with Crippen LogP contribution in [0.15, 0.2) is 24.3 Å². The maximum atomic E-state index is 12.9. The molecule has 24 heavy (non-hydrogen) atoms.